The Kier molecular flexibility index (Phi) is 8.95. The Bertz CT molecular complexity index is 809. The molecule has 0 spiro atoms. The molecule has 3 rings (SSSR count). The van der Waals surface area contributed by atoms with E-state index in [2.05, 4.69) is 0 Å². The topological polar surface area (TPSA) is 85.1 Å². The van der Waals surface area contributed by atoms with E-state index in [-0.39, 0.29) is 24.4 Å². The highest BCUT2D eigenvalue weighted by Crippen LogP contribution is 2.20. The van der Waals surface area contributed by atoms with Gasteiger partial charge in [0.1, 0.15) is 18.4 Å². The molecule has 1 aliphatic heterocycles. The van der Waals surface area contributed by atoms with Crippen LogP contribution >= 0.6 is 12.4 Å². The summed E-state index contributed by atoms with van der Waals surface area (Å²) in [5, 5.41) is 0. The van der Waals surface area contributed by atoms with Crippen LogP contribution in [0.4, 0.5) is 4.79 Å². The van der Waals surface area contributed by atoms with Crippen LogP contribution in [-0.2, 0) is 16.1 Å². The van der Waals surface area contributed by atoms with Gasteiger partial charge in [-0.1, -0.05) is 42.5 Å². The fourth-order valence-corrected chi connectivity index (χ4v) is 3.18. The van der Waals surface area contributed by atoms with Crippen LogP contribution in [0.1, 0.15) is 24.1 Å². The average Bonchev–Trinajstić information content (AvgIpc) is 2.78. The monoisotopic (exact) mass is 433 g/mol. The molecule has 0 radical (unpaired) electrons. The van der Waals surface area contributed by atoms with Crippen molar-refractivity contribution in [3.63, 3.8) is 0 Å². The van der Waals surface area contributed by atoms with E-state index >= 15 is 0 Å². The molecule has 0 bridgehead atoms. The lowest BCUT2D eigenvalue weighted by atomic mass is 10.1. The molecule has 2 aromatic carbocycles. The van der Waals surface area contributed by atoms with Gasteiger partial charge in [-0.15, -0.1) is 12.4 Å². The second-order valence-corrected chi connectivity index (χ2v) is 6.83. The van der Waals surface area contributed by atoms with Crippen LogP contribution in [0.5, 0.6) is 5.75 Å². The lowest BCUT2D eigenvalue weighted by Crippen LogP contribution is -2.52. The van der Waals surface area contributed by atoms with E-state index in [4.69, 9.17) is 15.2 Å². The Labute approximate surface area is 183 Å². The van der Waals surface area contributed by atoms with Gasteiger partial charge in [-0.3, -0.25) is 4.79 Å². The number of hydrogen-bond donors (Lipinski definition) is 1. The molecule has 1 fully saturated rings. The SMILES string of the molecule is CCOC(=O)N1CCN(C(=O)C(N)c2ccc(OCc3ccccc3)cc2)CC1.Cl. The number of rotatable bonds is 6. The zero-order valence-electron chi connectivity index (χ0n) is 17.0. The number of nitrogens with zero attached hydrogens (tertiary/aromatic N) is 2. The third-order valence-corrected chi connectivity index (χ3v) is 4.87. The van der Waals surface area contributed by atoms with Crippen LogP contribution in [-0.4, -0.2) is 54.6 Å². The molecule has 0 aromatic heterocycles. The van der Waals surface area contributed by atoms with Gasteiger partial charge in [0.05, 0.1) is 6.61 Å². The van der Waals surface area contributed by atoms with Gasteiger partial charge in [-0.25, -0.2) is 4.79 Å². The molecule has 0 saturated carbocycles. The first-order chi connectivity index (χ1) is 14.1. The summed E-state index contributed by atoms with van der Waals surface area (Å²) in [6.45, 7) is 4.39. The Hall–Kier alpha value is -2.77. The molecular weight excluding hydrogens is 406 g/mol. The van der Waals surface area contributed by atoms with Gasteiger partial charge in [0, 0.05) is 26.2 Å². The minimum Gasteiger partial charge on any atom is -0.489 e. The lowest BCUT2D eigenvalue weighted by Gasteiger charge is -2.35. The van der Waals surface area contributed by atoms with Crippen LogP contribution in [0.3, 0.4) is 0 Å². The van der Waals surface area contributed by atoms with Crippen molar-refractivity contribution >= 4 is 24.4 Å². The minimum absolute atomic E-state index is 0. The zero-order chi connectivity index (χ0) is 20.6. The molecule has 162 valence electrons. The van der Waals surface area contributed by atoms with E-state index in [0.717, 1.165) is 16.9 Å². The summed E-state index contributed by atoms with van der Waals surface area (Å²) in [7, 11) is 0. The Morgan fingerprint density at radius 1 is 0.967 bits per heavy atom. The molecule has 2 aromatic rings. The maximum atomic E-state index is 12.7. The molecule has 8 heteroatoms. The van der Waals surface area contributed by atoms with Gasteiger partial charge in [-0.2, -0.15) is 0 Å². The van der Waals surface area contributed by atoms with E-state index in [1.54, 1.807) is 16.7 Å². The van der Waals surface area contributed by atoms with Crippen LogP contribution in [0, 0.1) is 0 Å². The number of carbonyl (C=O) groups excluding carboxylic acids is 2. The number of carbonyl (C=O) groups is 2. The first-order valence-corrected chi connectivity index (χ1v) is 9.81. The molecule has 1 unspecified atom stereocenters. The van der Waals surface area contributed by atoms with Crippen molar-refractivity contribution in [1.82, 2.24) is 9.80 Å². The minimum atomic E-state index is -0.743. The Morgan fingerprint density at radius 3 is 2.17 bits per heavy atom. The smallest absolute Gasteiger partial charge is 0.409 e. The molecule has 0 aliphatic carbocycles. The second-order valence-electron chi connectivity index (χ2n) is 6.83. The van der Waals surface area contributed by atoms with E-state index < -0.39 is 6.04 Å². The van der Waals surface area contributed by atoms with Crippen LogP contribution in [0.25, 0.3) is 0 Å². The fourth-order valence-electron chi connectivity index (χ4n) is 3.18. The van der Waals surface area contributed by atoms with Crippen molar-refractivity contribution in [1.29, 1.82) is 0 Å². The van der Waals surface area contributed by atoms with E-state index in [1.807, 2.05) is 54.6 Å². The predicted molar refractivity (Wildman–Crippen MR) is 117 cm³/mol. The third kappa shape index (κ3) is 6.11. The van der Waals surface area contributed by atoms with Crippen molar-refractivity contribution in [2.75, 3.05) is 32.8 Å². The van der Waals surface area contributed by atoms with Gasteiger partial charge >= 0.3 is 6.09 Å². The van der Waals surface area contributed by atoms with Crippen LogP contribution in [0.15, 0.2) is 54.6 Å². The number of ether oxygens (including phenoxy) is 2. The van der Waals surface area contributed by atoms with Gasteiger partial charge in [0.25, 0.3) is 0 Å². The van der Waals surface area contributed by atoms with Crippen molar-refractivity contribution in [2.45, 2.75) is 19.6 Å². The Morgan fingerprint density at radius 2 is 1.57 bits per heavy atom. The zero-order valence-corrected chi connectivity index (χ0v) is 17.8. The van der Waals surface area contributed by atoms with E-state index in [9.17, 15) is 9.59 Å². The van der Waals surface area contributed by atoms with Crippen LogP contribution < -0.4 is 10.5 Å². The molecule has 1 atom stereocenters. The summed E-state index contributed by atoms with van der Waals surface area (Å²) >= 11 is 0. The maximum absolute atomic E-state index is 12.7. The molecular formula is C22H28ClN3O4. The molecule has 1 aliphatic rings. The van der Waals surface area contributed by atoms with Crippen molar-refractivity contribution < 1.29 is 19.1 Å². The van der Waals surface area contributed by atoms with Gasteiger partial charge in [-0.05, 0) is 30.2 Å². The fraction of sp³-hybridized carbons (Fsp3) is 0.364. The largest absolute Gasteiger partial charge is 0.489 e. The summed E-state index contributed by atoms with van der Waals surface area (Å²) in [6, 6.07) is 16.5. The lowest BCUT2D eigenvalue weighted by molar-refractivity contribution is -0.134. The molecule has 1 heterocycles. The highest BCUT2D eigenvalue weighted by atomic mass is 35.5. The van der Waals surface area contributed by atoms with Gasteiger partial charge < -0.3 is 25.0 Å². The average molecular weight is 434 g/mol. The van der Waals surface area contributed by atoms with E-state index in [1.165, 1.54) is 0 Å². The van der Waals surface area contributed by atoms with Crippen molar-refractivity contribution in [2.24, 2.45) is 5.73 Å². The number of halogens is 1. The normalized spacial score (nSPS) is 14.5. The quantitative estimate of drug-likeness (QED) is 0.756. The molecule has 2 amide bonds. The number of benzene rings is 2. The van der Waals surface area contributed by atoms with Gasteiger partial charge in [0.15, 0.2) is 0 Å². The number of piperazine rings is 1. The van der Waals surface area contributed by atoms with Crippen molar-refractivity contribution in [3.8, 4) is 5.75 Å². The van der Waals surface area contributed by atoms with Crippen LogP contribution in [0.2, 0.25) is 0 Å². The third-order valence-electron chi connectivity index (χ3n) is 4.87. The molecule has 2 N–H and O–H groups in total. The highest BCUT2D eigenvalue weighted by molar-refractivity contribution is 5.85. The summed E-state index contributed by atoms with van der Waals surface area (Å²) < 4.78 is 10.8. The maximum Gasteiger partial charge on any atom is 0.409 e. The number of hydrogen-bond acceptors (Lipinski definition) is 5. The highest BCUT2D eigenvalue weighted by Gasteiger charge is 2.28. The summed E-state index contributed by atoms with van der Waals surface area (Å²) in [5.41, 5.74) is 8.01. The number of amides is 2. The second kappa shape index (κ2) is 11.4. The first kappa shape index (κ1) is 23.5. The van der Waals surface area contributed by atoms with Crippen molar-refractivity contribution in [3.05, 3.63) is 65.7 Å². The standard InChI is InChI=1S/C22H27N3O4.ClH/c1-2-28-22(27)25-14-12-24(13-15-25)21(26)20(23)18-8-10-19(11-9-18)29-16-17-6-4-3-5-7-17;/h3-11,20H,2,12-16,23H2,1H3;1H. The molecule has 30 heavy (non-hydrogen) atoms. The summed E-state index contributed by atoms with van der Waals surface area (Å²) in [5.74, 6) is 0.576. The summed E-state index contributed by atoms with van der Waals surface area (Å²) in [6.07, 6.45) is -0.338. The molecule has 1 saturated heterocycles. The predicted octanol–water partition coefficient (Wildman–Crippen LogP) is 2.99. The number of nitrogens with two attached hydrogens (primary N) is 1. The molecule has 7 nitrogen and oxygen atoms in total. The Balaban J connectivity index is 0.00000320. The van der Waals surface area contributed by atoms with E-state index in [0.29, 0.717) is 39.4 Å². The van der Waals surface area contributed by atoms with Gasteiger partial charge in [0.2, 0.25) is 5.91 Å². The first-order valence-electron chi connectivity index (χ1n) is 9.81. The summed E-state index contributed by atoms with van der Waals surface area (Å²) in [4.78, 5) is 27.8.